The molecule has 1 atom stereocenters. The normalized spacial score (nSPS) is 12.2. The number of halogens is 2. The summed E-state index contributed by atoms with van der Waals surface area (Å²) in [4.78, 5) is 0. The highest BCUT2D eigenvalue weighted by Gasteiger charge is 2.10. The van der Waals surface area contributed by atoms with Crippen molar-refractivity contribution in [2.45, 2.75) is 26.5 Å². The highest BCUT2D eigenvalue weighted by molar-refractivity contribution is 6.30. The maximum atomic E-state index is 13.6. The van der Waals surface area contributed by atoms with E-state index >= 15 is 0 Å². The number of rotatable bonds is 4. The molecule has 0 spiro atoms. The van der Waals surface area contributed by atoms with Crippen molar-refractivity contribution >= 4 is 11.6 Å². The second kappa shape index (κ2) is 6.25. The summed E-state index contributed by atoms with van der Waals surface area (Å²) >= 11 is 5.86. The average molecular weight is 294 g/mol. The largest absolute Gasteiger partial charge is 0.488 e. The van der Waals surface area contributed by atoms with Crippen LogP contribution in [0.15, 0.2) is 36.4 Å². The van der Waals surface area contributed by atoms with Crippen LogP contribution in [0, 0.1) is 12.7 Å². The van der Waals surface area contributed by atoms with Gasteiger partial charge in [0.25, 0.3) is 0 Å². The summed E-state index contributed by atoms with van der Waals surface area (Å²) in [6, 6.07) is 10.0. The highest BCUT2D eigenvalue weighted by Crippen LogP contribution is 2.26. The molecule has 0 amide bonds. The van der Waals surface area contributed by atoms with Crippen molar-refractivity contribution in [3.63, 3.8) is 0 Å². The second-order valence-corrected chi connectivity index (χ2v) is 5.29. The molecule has 20 heavy (non-hydrogen) atoms. The quantitative estimate of drug-likeness (QED) is 0.907. The molecule has 2 N–H and O–H groups in total. The fourth-order valence-electron chi connectivity index (χ4n) is 1.96. The molecule has 0 aliphatic heterocycles. The van der Waals surface area contributed by atoms with Crippen LogP contribution >= 0.6 is 11.6 Å². The number of hydrogen-bond acceptors (Lipinski definition) is 2. The topological polar surface area (TPSA) is 35.2 Å². The minimum Gasteiger partial charge on any atom is -0.488 e. The number of hydrogen-bond donors (Lipinski definition) is 1. The summed E-state index contributed by atoms with van der Waals surface area (Å²) in [6.07, 6.45) is 0. The van der Waals surface area contributed by atoms with Gasteiger partial charge >= 0.3 is 0 Å². The molecule has 2 aromatic carbocycles. The molecule has 2 rings (SSSR count). The van der Waals surface area contributed by atoms with Crippen LogP contribution < -0.4 is 10.5 Å². The molecule has 4 heteroatoms. The summed E-state index contributed by atoms with van der Waals surface area (Å²) in [5.41, 5.74) is 8.38. The van der Waals surface area contributed by atoms with Crippen LogP contribution in [0.1, 0.15) is 29.7 Å². The monoisotopic (exact) mass is 293 g/mol. The minimum absolute atomic E-state index is 0.120. The zero-order chi connectivity index (χ0) is 14.7. The van der Waals surface area contributed by atoms with E-state index in [4.69, 9.17) is 22.1 Å². The Morgan fingerprint density at radius 1 is 1.25 bits per heavy atom. The molecule has 0 saturated carbocycles. The van der Waals surface area contributed by atoms with Crippen molar-refractivity contribution in [1.29, 1.82) is 0 Å². The molecule has 0 aliphatic rings. The van der Waals surface area contributed by atoms with E-state index in [-0.39, 0.29) is 18.5 Å². The van der Waals surface area contributed by atoms with Gasteiger partial charge in [0.2, 0.25) is 0 Å². The van der Waals surface area contributed by atoms with E-state index < -0.39 is 0 Å². The third-order valence-corrected chi connectivity index (χ3v) is 3.28. The number of benzene rings is 2. The lowest BCUT2D eigenvalue weighted by Crippen LogP contribution is -2.09. The van der Waals surface area contributed by atoms with Crippen LogP contribution in [0.25, 0.3) is 0 Å². The Hall–Kier alpha value is -1.58. The molecule has 0 bridgehead atoms. The van der Waals surface area contributed by atoms with Gasteiger partial charge in [0.15, 0.2) is 0 Å². The predicted molar refractivity (Wildman–Crippen MR) is 79.5 cm³/mol. The average Bonchev–Trinajstić information content (AvgIpc) is 2.40. The van der Waals surface area contributed by atoms with E-state index in [1.54, 1.807) is 6.07 Å². The van der Waals surface area contributed by atoms with Gasteiger partial charge in [0, 0.05) is 22.2 Å². The van der Waals surface area contributed by atoms with Crippen molar-refractivity contribution in [1.82, 2.24) is 0 Å². The minimum atomic E-state index is -0.330. The van der Waals surface area contributed by atoms with Gasteiger partial charge in [-0.25, -0.2) is 4.39 Å². The fraction of sp³-hybridized carbons (Fsp3) is 0.250. The molecular weight excluding hydrogens is 277 g/mol. The first kappa shape index (κ1) is 14.8. The first-order valence-corrected chi connectivity index (χ1v) is 6.78. The van der Waals surface area contributed by atoms with Gasteiger partial charge in [-0.15, -0.1) is 0 Å². The summed E-state index contributed by atoms with van der Waals surface area (Å²) in [5, 5.41) is 0.487. The summed E-state index contributed by atoms with van der Waals surface area (Å²) in [5.74, 6) is 0.342. The van der Waals surface area contributed by atoms with Crippen molar-refractivity contribution in [3.8, 4) is 5.75 Å². The number of nitrogens with two attached hydrogens (primary N) is 1. The summed E-state index contributed by atoms with van der Waals surface area (Å²) < 4.78 is 19.3. The van der Waals surface area contributed by atoms with Crippen LogP contribution in [0.4, 0.5) is 4.39 Å². The Labute approximate surface area is 123 Å². The van der Waals surface area contributed by atoms with Gasteiger partial charge in [-0.1, -0.05) is 29.3 Å². The maximum absolute atomic E-state index is 13.6. The van der Waals surface area contributed by atoms with Gasteiger partial charge in [-0.3, -0.25) is 0 Å². The van der Waals surface area contributed by atoms with Crippen molar-refractivity contribution in [2.75, 3.05) is 0 Å². The van der Waals surface area contributed by atoms with Gasteiger partial charge in [0.05, 0.1) is 0 Å². The first-order valence-electron chi connectivity index (χ1n) is 6.40. The Balaban J connectivity index is 2.20. The van der Waals surface area contributed by atoms with E-state index in [0.717, 1.165) is 11.1 Å². The standard InChI is InChI=1S/C16H17ClFNO/c1-10-3-6-16(14(7-10)11(2)19)20-9-12-8-13(17)4-5-15(12)18/h3-8,11H,9,19H2,1-2H3. The van der Waals surface area contributed by atoms with E-state index in [0.29, 0.717) is 16.3 Å². The van der Waals surface area contributed by atoms with Gasteiger partial charge in [0.1, 0.15) is 18.2 Å². The molecule has 106 valence electrons. The highest BCUT2D eigenvalue weighted by atomic mass is 35.5. The lowest BCUT2D eigenvalue weighted by molar-refractivity contribution is 0.295. The molecule has 0 fully saturated rings. The van der Waals surface area contributed by atoms with E-state index in [1.165, 1.54) is 12.1 Å². The first-order chi connectivity index (χ1) is 9.47. The maximum Gasteiger partial charge on any atom is 0.129 e. The number of aryl methyl sites for hydroxylation is 1. The van der Waals surface area contributed by atoms with Crippen LogP contribution in [0.5, 0.6) is 5.75 Å². The third-order valence-electron chi connectivity index (χ3n) is 3.05. The van der Waals surface area contributed by atoms with Crippen molar-refractivity contribution < 1.29 is 9.13 Å². The third kappa shape index (κ3) is 3.50. The van der Waals surface area contributed by atoms with Crippen LogP contribution in [-0.2, 0) is 6.61 Å². The van der Waals surface area contributed by atoms with E-state index in [2.05, 4.69) is 0 Å². The smallest absolute Gasteiger partial charge is 0.129 e. The van der Waals surface area contributed by atoms with Crippen LogP contribution in [0.3, 0.4) is 0 Å². The lowest BCUT2D eigenvalue weighted by atomic mass is 10.1. The predicted octanol–water partition coefficient (Wildman–Crippen LogP) is 4.39. The molecular formula is C16H17ClFNO. The molecule has 0 heterocycles. The summed E-state index contributed by atoms with van der Waals surface area (Å²) in [6.45, 7) is 4.00. The van der Waals surface area contributed by atoms with Gasteiger partial charge in [-0.05, 0) is 38.1 Å². The van der Waals surface area contributed by atoms with E-state index in [9.17, 15) is 4.39 Å². The molecule has 0 radical (unpaired) electrons. The number of ether oxygens (including phenoxy) is 1. The van der Waals surface area contributed by atoms with Crippen molar-refractivity contribution in [3.05, 3.63) is 63.9 Å². The summed E-state index contributed by atoms with van der Waals surface area (Å²) in [7, 11) is 0. The van der Waals surface area contributed by atoms with E-state index in [1.807, 2.05) is 32.0 Å². The second-order valence-electron chi connectivity index (χ2n) is 4.85. The molecule has 0 aliphatic carbocycles. The molecule has 2 aromatic rings. The Kier molecular flexibility index (Phi) is 4.63. The molecule has 1 unspecified atom stereocenters. The van der Waals surface area contributed by atoms with Gasteiger partial charge in [-0.2, -0.15) is 0 Å². The fourth-order valence-corrected chi connectivity index (χ4v) is 2.16. The molecule has 0 aromatic heterocycles. The van der Waals surface area contributed by atoms with Crippen LogP contribution in [0.2, 0.25) is 5.02 Å². The van der Waals surface area contributed by atoms with Crippen molar-refractivity contribution in [2.24, 2.45) is 5.73 Å². The Morgan fingerprint density at radius 2 is 2.00 bits per heavy atom. The Morgan fingerprint density at radius 3 is 2.70 bits per heavy atom. The molecule has 0 saturated heterocycles. The molecule has 2 nitrogen and oxygen atoms in total. The Bertz CT molecular complexity index is 613. The zero-order valence-corrected chi connectivity index (χ0v) is 12.2. The lowest BCUT2D eigenvalue weighted by Gasteiger charge is -2.15. The van der Waals surface area contributed by atoms with Gasteiger partial charge < -0.3 is 10.5 Å². The van der Waals surface area contributed by atoms with Crippen LogP contribution in [-0.4, -0.2) is 0 Å². The zero-order valence-electron chi connectivity index (χ0n) is 11.5. The SMILES string of the molecule is Cc1ccc(OCc2cc(Cl)ccc2F)c(C(C)N)c1.